The van der Waals surface area contributed by atoms with Crippen molar-refractivity contribution in [3.8, 4) is 10.6 Å². The van der Waals surface area contributed by atoms with Crippen LogP contribution in [0.2, 0.25) is 0 Å². The maximum atomic E-state index is 4.27. The molecule has 0 aliphatic rings. The van der Waals surface area contributed by atoms with E-state index in [0.717, 1.165) is 34.0 Å². The van der Waals surface area contributed by atoms with Gasteiger partial charge in [-0.15, -0.1) is 21.5 Å². The lowest BCUT2D eigenvalue weighted by atomic mass is 10.3. The Morgan fingerprint density at radius 1 is 1.39 bits per heavy atom. The molecular formula is C12H15BrN4S. The molecule has 0 spiro atoms. The highest BCUT2D eigenvalue weighted by Crippen LogP contribution is 2.28. The molecule has 0 saturated carbocycles. The zero-order valence-corrected chi connectivity index (χ0v) is 12.8. The number of likely N-dealkylation sites (N-methyl/N-ethyl adjacent to an activating group) is 2. The summed E-state index contributed by atoms with van der Waals surface area (Å²) in [4.78, 5) is 3.20. The Balaban J connectivity index is 2.10. The van der Waals surface area contributed by atoms with Crippen LogP contribution in [0.1, 0.15) is 0 Å². The van der Waals surface area contributed by atoms with Crippen LogP contribution in [0.25, 0.3) is 10.6 Å². The van der Waals surface area contributed by atoms with Crippen LogP contribution in [-0.4, -0.2) is 37.4 Å². The number of thiophene rings is 1. The van der Waals surface area contributed by atoms with E-state index >= 15 is 0 Å². The molecule has 1 N–H and O–H groups in total. The molecule has 2 rings (SSSR count). The molecule has 0 aliphatic carbocycles. The van der Waals surface area contributed by atoms with Crippen molar-refractivity contribution >= 4 is 33.1 Å². The summed E-state index contributed by atoms with van der Waals surface area (Å²) in [6.07, 6.45) is 0. The SMILES string of the molecule is CNCCN(C)c1ccc(-c2cc(Br)cs2)nn1. The average molecular weight is 327 g/mol. The smallest absolute Gasteiger partial charge is 0.151 e. The molecule has 0 unspecified atom stereocenters. The third kappa shape index (κ3) is 3.28. The van der Waals surface area contributed by atoms with E-state index in [-0.39, 0.29) is 0 Å². The van der Waals surface area contributed by atoms with Gasteiger partial charge in [0.05, 0.1) is 4.88 Å². The summed E-state index contributed by atoms with van der Waals surface area (Å²) in [6.45, 7) is 1.84. The van der Waals surface area contributed by atoms with Crippen LogP contribution in [0.3, 0.4) is 0 Å². The fourth-order valence-corrected chi connectivity index (χ4v) is 2.89. The van der Waals surface area contributed by atoms with E-state index < -0.39 is 0 Å². The number of nitrogens with zero attached hydrogens (tertiary/aromatic N) is 3. The maximum absolute atomic E-state index is 4.27. The van der Waals surface area contributed by atoms with Crippen molar-refractivity contribution in [1.29, 1.82) is 0 Å². The number of rotatable bonds is 5. The predicted octanol–water partition coefficient (Wildman–Crippen LogP) is 2.62. The van der Waals surface area contributed by atoms with Crippen molar-refractivity contribution in [1.82, 2.24) is 15.5 Å². The Morgan fingerprint density at radius 3 is 2.78 bits per heavy atom. The third-order valence-corrected chi connectivity index (χ3v) is 4.27. The first-order chi connectivity index (χ1) is 8.70. The zero-order chi connectivity index (χ0) is 13.0. The fourth-order valence-electron chi connectivity index (χ4n) is 1.50. The van der Waals surface area contributed by atoms with E-state index in [1.54, 1.807) is 11.3 Å². The molecule has 0 saturated heterocycles. The maximum Gasteiger partial charge on any atom is 0.151 e. The average Bonchev–Trinajstić information content (AvgIpc) is 2.83. The summed E-state index contributed by atoms with van der Waals surface area (Å²) in [7, 11) is 3.96. The van der Waals surface area contributed by atoms with E-state index in [9.17, 15) is 0 Å². The van der Waals surface area contributed by atoms with E-state index in [1.165, 1.54) is 0 Å². The van der Waals surface area contributed by atoms with Gasteiger partial charge < -0.3 is 10.2 Å². The molecule has 96 valence electrons. The Kier molecular flexibility index (Phi) is 4.68. The van der Waals surface area contributed by atoms with E-state index in [0.29, 0.717) is 0 Å². The van der Waals surface area contributed by atoms with Gasteiger partial charge >= 0.3 is 0 Å². The Labute approximate surface area is 119 Å². The molecule has 0 aliphatic heterocycles. The Bertz CT molecular complexity index is 497. The van der Waals surface area contributed by atoms with Gasteiger partial charge in [-0.2, -0.15) is 0 Å². The lowest BCUT2D eigenvalue weighted by Gasteiger charge is -2.16. The molecule has 18 heavy (non-hydrogen) atoms. The quantitative estimate of drug-likeness (QED) is 0.917. The molecule has 0 bridgehead atoms. The Morgan fingerprint density at radius 2 is 2.22 bits per heavy atom. The van der Waals surface area contributed by atoms with Crippen molar-refractivity contribution in [2.75, 3.05) is 32.1 Å². The highest BCUT2D eigenvalue weighted by molar-refractivity contribution is 9.10. The predicted molar refractivity (Wildman–Crippen MR) is 80.2 cm³/mol. The summed E-state index contributed by atoms with van der Waals surface area (Å²) in [5.41, 5.74) is 0.913. The van der Waals surface area contributed by atoms with Crippen LogP contribution in [-0.2, 0) is 0 Å². The van der Waals surface area contributed by atoms with Gasteiger partial charge in [0.2, 0.25) is 0 Å². The van der Waals surface area contributed by atoms with Gasteiger partial charge in [0.25, 0.3) is 0 Å². The third-order valence-electron chi connectivity index (χ3n) is 2.56. The van der Waals surface area contributed by atoms with E-state index in [1.807, 2.05) is 31.6 Å². The molecule has 0 fully saturated rings. The van der Waals surface area contributed by atoms with Crippen LogP contribution in [0.15, 0.2) is 28.1 Å². The minimum atomic E-state index is 0.893. The molecule has 2 aromatic rings. The van der Waals surface area contributed by atoms with Crippen LogP contribution in [0.4, 0.5) is 5.82 Å². The molecule has 0 amide bonds. The zero-order valence-electron chi connectivity index (χ0n) is 10.4. The topological polar surface area (TPSA) is 41.0 Å². The number of anilines is 1. The monoisotopic (exact) mass is 326 g/mol. The molecule has 6 heteroatoms. The first-order valence-corrected chi connectivity index (χ1v) is 7.32. The largest absolute Gasteiger partial charge is 0.357 e. The Hall–Kier alpha value is -0.980. The second-order valence-electron chi connectivity index (χ2n) is 3.93. The molecule has 0 aromatic carbocycles. The lowest BCUT2D eigenvalue weighted by Crippen LogP contribution is -2.27. The molecule has 2 heterocycles. The summed E-state index contributed by atoms with van der Waals surface area (Å²) in [5, 5.41) is 13.7. The minimum absolute atomic E-state index is 0.893. The van der Waals surface area contributed by atoms with Crippen molar-refractivity contribution < 1.29 is 0 Å². The van der Waals surface area contributed by atoms with Gasteiger partial charge in [0, 0.05) is 30.0 Å². The minimum Gasteiger partial charge on any atom is -0.357 e. The fraction of sp³-hybridized carbons (Fsp3) is 0.333. The second-order valence-corrected chi connectivity index (χ2v) is 5.76. The molecule has 2 aromatic heterocycles. The van der Waals surface area contributed by atoms with Crippen LogP contribution in [0.5, 0.6) is 0 Å². The van der Waals surface area contributed by atoms with Crippen LogP contribution < -0.4 is 10.2 Å². The lowest BCUT2D eigenvalue weighted by molar-refractivity contribution is 0.756. The summed E-state index contributed by atoms with van der Waals surface area (Å²) in [5.74, 6) is 0.893. The van der Waals surface area contributed by atoms with Crippen molar-refractivity contribution in [3.05, 3.63) is 28.1 Å². The van der Waals surface area contributed by atoms with Crippen molar-refractivity contribution in [2.45, 2.75) is 0 Å². The van der Waals surface area contributed by atoms with Gasteiger partial charge in [0.15, 0.2) is 5.82 Å². The second kappa shape index (κ2) is 6.26. The number of aromatic nitrogens is 2. The summed E-state index contributed by atoms with van der Waals surface area (Å²) >= 11 is 5.10. The van der Waals surface area contributed by atoms with Gasteiger partial charge in [0.1, 0.15) is 5.69 Å². The van der Waals surface area contributed by atoms with Gasteiger partial charge in [-0.3, -0.25) is 0 Å². The number of hydrogen-bond donors (Lipinski definition) is 1. The number of halogens is 1. The summed E-state index contributed by atoms with van der Waals surface area (Å²) in [6, 6.07) is 6.07. The van der Waals surface area contributed by atoms with Crippen molar-refractivity contribution in [3.63, 3.8) is 0 Å². The molecular weight excluding hydrogens is 312 g/mol. The van der Waals surface area contributed by atoms with Gasteiger partial charge in [-0.25, -0.2) is 0 Å². The van der Waals surface area contributed by atoms with Crippen molar-refractivity contribution in [2.24, 2.45) is 0 Å². The van der Waals surface area contributed by atoms with Crippen LogP contribution >= 0.6 is 27.3 Å². The normalized spacial score (nSPS) is 10.6. The molecule has 0 radical (unpaired) electrons. The molecule has 4 nitrogen and oxygen atoms in total. The first-order valence-electron chi connectivity index (χ1n) is 5.64. The number of hydrogen-bond acceptors (Lipinski definition) is 5. The van der Waals surface area contributed by atoms with Gasteiger partial charge in [-0.1, -0.05) is 0 Å². The molecule has 0 atom stereocenters. The standard InChI is InChI=1S/C12H15BrN4S/c1-14-5-6-17(2)12-4-3-10(15-16-12)11-7-9(13)8-18-11/h3-4,7-8,14H,5-6H2,1-2H3. The van der Waals surface area contributed by atoms with Crippen LogP contribution in [0, 0.1) is 0 Å². The van der Waals surface area contributed by atoms with E-state index in [2.05, 4.69) is 42.4 Å². The summed E-state index contributed by atoms with van der Waals surface area (Å²) < 4.78 is 1.08. The highest BCUT2D eigenvalue weighted by Gasteiger charge is 2.06. The first kappa shape index (κ1) is 13.5. The van der Waals surface area contributed by atoms with Gasteiger partial charge in [-0.05, 0) is 41.2 Å². The highest BCUT2D eigenvalue weighted by atomic mass is 79.9. The van der Waals surface area contributed by atoms with E-state index in [4.69, 9.17) is 0 Å². The number of nitrogens with one attached hydrogen (secondary N) is 1.